The van der Waals surface area contributed by atoms with Crippen molar-refractivity contribution in [3.05, 3.63) is 44.7 Å². The number of carbonyl (C=O) groups excluding carboxylic acids is 1. The predicted molar refractivity (Wildman–Crippen MR) is 90.3 cm³/mol. The highest BCUT2D eigenvalue weighted by atomic mass is 16.5. The van der Waals surface area contributed by atoms with Crippen LogP contribution in [-0.2, 0) is 30.6 Å². The zero-order chi connectivity index (χ0) is 17.6. The van der Waals surface area contributed by atoms with Crippen molar-refractivity contribution < 1.29 is 9.32 Å². The molecular formula is C18H22N4O3. The standard InChI is InChI=1S/C18H22N4O3/c1-11-15(12(2)25-20-11)7-17(23)21-8-13(9-21)10-22-18(24)6-14-4-3-5-16(14)19-22/h6,13H,3-5,7-10H2,1-2H3. The average molecular weight is 342 g/mol. The summed E-state index contributed by atoms with van der Waals surface area (Å²) in [4.78, 5) is 26.4. The van der Waals surface area contributed by atoms with Gasteiger partial charge in [0.05, 0.1) is 24.4 Å². The van der Waals surface area contributed by atoms with Gasteiger partial charge in [-0.1, -0.05) is 5.16 Å². The van der Waals surface area contributed by atoms with Crippen LogP contribution in [0.4, 0.5) is 0 Å². The SMILES string of the molecule is Cc1noc(C)c1CC(=O)N1CC(Cn2nc3c(cc2=O)CCC3)C1. The van der Waals surface area contributed by atoms with Crippen LogP contribution < -0.4 is 5.56 Å². The Kier molecular flexibility index (Phi) is 3.94. The number of rotatable bonds is 4. The fourth-order valence-electron chi connectivity index (χ4n) is 3.72. The van der Waals surface area contributed by atoms with E-state index in [0.717, 1.165) is 41.8 Å². The van der Waals surface area contributed by atoms with Crippen molar-refractivity contribution in [1.82, 2.24) is 19.8 Å². The average Bonchev–Trinajstić information content (AvgIpc) is 3.11. The molecule has 1 saturated heterocycles. The van der Waals surface area contributed by atoms with Gasteiger partial charge in [0.1, 0.15) is 5.76 Å². The number of carbonyl (C=O) groups is 1. The van der Waals surface area contributed by atoms with Crippen LogP contribution in [0.2, 0.25) is 0 Å². The molecule has 7 heteroatoms. The van der Waals surface area contributed by atoms with E-state index in [0.29, 0.717) is 37.7 Å². The van der Waals surface area contributed by atoms with Crippen molar-refractivity contribution in [3.63, 3.8) is 0 Å². The summed E-state index contributed by atoms with van der Waals surface area (Å²) in [6.07, 6.45) is 3.33. The van der Waals surface area contributed by atoms with E-state index in [-0.39, 0.29) is 11.5 Å². The lowest BCUT2D eigenvalue weighted by atomic mass is 9.98. The van der Waals surface area contributed by atoms with Crippen LogP contribution in [-0.4, -0.2) is 38.8 Å². The van der Waals surface area contributed by atoms with E-state index in [2.05, 4.69) is 10.3 Å². The second-order valence-corrected chi connectivity index (χ2v) is 7.13. The molecule has 0 N–H and O–H groups in total. The summed E-state index contributed by atoms with van der Waals surface area (Å²) < 4.78 is 6.68. The number of amides is 1. The van der Waals surface area contributed by atoms with Crippen molar-refractivity contribution in [1.29, 1.82) is 0 Å². The molecule has 0 unspecified atom stereocenters. The zero-order valence-corrected chi connectivity index (χ0v) is 14.6. The molecule has 25 heavy (non-hydrogen) atoms. The molecule has 132 valence electrons. The molecule has 0 aromatic carbocycles. The number of hydrogen-bond acceptors (Lipinski definition) is 5. The Morgan fingerprint density at radius 3 is 2.84 bits per heavy atom. The van der Waals surface area contributed by atoms with Crippen LogP contribution in [0.15, 0.2) is 15.4 Å². The highest BCUT2D eigenvalue weighted by molar-refractivity contribution is 5.80. The quantitative estimate of drug-likeness (QED) is 0.829. The Morgan fingerprint density at radius 2 is 2.12 bits per heavy atom. The van der Waals surface area contributed by atoms with E-state index in [1.807, 2.05) is 18.7 Å². The first-order valence-corrected chi connectivity index (χ1v) is 8.80. The molecule has 1 fully saturated rings. The fraction of sp³-hybridized carbons (Fsp3) is 0.556. The first-order valence-electron chi connectivity index (χ1n) is 8.80. The summed E-state index contributed by atoms with van der Waals surface area (Å²) in [5.74, 6) is 1.08. The van der Waals surface area contributed by atoms with Gasteiger partial charge in [-0.25, -0.2) is 4.68 Å². The lowest BCUT2D eigenvalue weighted by Crippen LogP contribution is -2.52. The van der Waals surface area contributed by atoms with Crippen LogP contribution in [0.5, 0.6) is 0 Å². The third kappa shape index (κ3) is 2.99. The molecule has 4 rings (SSSR count). The van der Waals surface area contributed by atoms with Crippen LogP contribution in [0.25, 0.3) is 0 Å². The maximum Gasteiger partial charge on any atom is 0.267 e. The first kappa shape index (κ1) is 16.1. The highest BCUT2D eigenvalue weighted by Crippen LogP contribution is 2.21. The van der Waals surface area contributed by atoms with Gasteiger partial charge in [-0.05, 0) is 38.7 Å². The van der Waals surface area contributed by atoms with Gasteiger partial charge in [0, 0.05) is 30.6 Å². The molecule has 0 atom stereocenters. The van der Waals surface area contributed by atoms with Crippen molar-refractivity contribution >= 4 is 5.91 Å². The monoisotopic (exact) mass is 342 g/mol. The smallest absolute Gasteiger partial charge is 0.267 e. The van der Waals surface area contributed by atoms with Gasteiger partial charge in [-0.15, -0.1) is 0 Å². The van der Waals surface area contributed by atoms with Crippen molar-refractivity contribution in [2.75, 3.05) is 13.1 Å². The van der Waals surface area contributed by atoms with E-state index < -0.39 is 0 Å². The molecule has 1 amide bonds. The van der Waals surface area contributed by atoms with E-state index in [9.17, 15) is 9.59 Å². The first-order chi connectivity index (χ1) is 12.0. The fourth-order valence-corrected chi connectivity index (χ4v) is 3.72. The Balaban J connectivity index is 1.35. The molecule has 2 aromatic heterocycles. The lowest BCUT2D eigenvalue weighted by Gasteiger charge is -2.39. The molecule has 0 radical (unpaired) electrons. The number of likely N-dealkylation sites (tertiary alicyclic amines) is 1. The van der Waals surface area contributed by atoms with Crippen molar-refractivity contribution in [3.8, 4) is 0 Å². The summed E-state index contributed by atoms with van der Waals surface area (Å²) in [5.41, 5.74) is 3.79. The molecule has 0 bridgehead atoms. The predicted octanol–water partition coefficient (Wildman–Crippen LogP) is 1.04. The number of aromatic nitrogens is 3. The van der Waals surface area contributed by atoms with Crippen LogP contribution in [0.1, 0.15) is 34.7 Å². The van der Waals surface area contributed by atoms with E-state index >= 15 is 0 Å². The Labute approximate surface area is 145 Å². The molecule has 3 heterocycles. The third-order valence-corrected chi connectivity index (χ3v) is 5.27. The van der Waals surface area contributed by atoms with Gasteiger partial charge >= 0.3 is 0 Å². The van der Waals surface area contributed by atoms with E-state index in [4.69, 9.17) is 4.52 Å². The zero-order valence-electron chi connectivity index (χ0n) is 14.6. The maximum atomic E-state index is 12.4. The molecule has 0 saturated carbocycles. The summed E-state index contributed by atoms with van der Waals surface area (Å²) in [5, 5.41) is 8.40. The van der Waals surface area contributed by atoms with Gasteiger partial charge in [0.25, 0.3) is 5.56 Å². The highest BCUT2D eigenvalue weighted by Gasteiger charge is 2.32. The van der Waals surface area contributed by atoms with Crippen molar-refractivity contribution in [2.45, 2.75) is 46.1 Å². The number of aryl methyl sites for hydroxylation is 4. The minimum atomic E-state index is -0.0267. The minimum Gasteiger partial charge on any atom is -0.361 e. The maximum absolute atomic E-state index is 12.4. The summed E-state index contributed by atoms with van der Waals surface area (Å²) >= 11 is 0. The summed E-state index contributed by atoms with van der Waals surface area (Å²) in [6, 6.07) is 1.73. The molecule has 2 aromatic rings. The van der Waals surface area contributed by atoms with Gasteiger partial charge in [-0.3, -0.25) is 9.59 Å². The minimum absolute atomic E-state index is 0.0267. The molecule has 0 spiro atoms. The lowest BCUT2D eigenvalue weighted by molar-refractivity contribution is -0.137. The van der Waals surface area contributed by atoms with Crippen LogP contribution >= 0.6 is 0 Å². The summed E-state index contributed by atoms with van der Waals surface area (Å²) in [6.45, 7) is 5.61. The molecule has 7 nitrogen and oxygen atoms in total. The van der Waals surface area contributed by atoms with Crippen molar-refractivity contribution in [2.24, 2.45) is 5.92 Å². The second kappa shape index (κ2) is 6.13. The summed E-state index contributed by atoms with van der Waals surface area (Å²) in [7, 11) is 0. The molecular weight excluding hydrogens is 320 g/mol. The number of fused-ring (bicyclic) bond motifs is 1. The van der Waals surface area contributed by atoms with Gasteiger partial charge in [0.15, 0.2) is 0 Å². The normalized spacial score (nSPS) is 16.8. The molecule has 2 aliphatic rings. The van der Waals surface area contributed by atoms with Crippen LogP contribution in [0, 0.1) is 19.8 Å². The van der Waals surface area contributed by atoms with E-state index in [1.54, 1.807) is 10.7 Å². The molecule has 1 aliphatic carbocycles. The largest absolute Gasteiger partial charge is 0.361 e. The van der Waals surface area contributed by atoms with Gasteiger partial charge < -0.3 is 9.42 Å². The number of hydrogen-bond donors (Lipinski definition) is 0. The van der Waals surface area contributed by atoms with Gasteiger partial charge in [-0.2, -0.15) is 5.10 Å². The van der Waals surface area contributed by atoms with Gasteiger partial charge in [0.2, 0.25) is 5.91 Å². The van der Waals surface area contributed by atoms with E-state index in [1.165, 1.54) is 0 Å². The third-order valence-electron chi connectivity index (χ3n) is 5.27. The topological polar surface area (TPSA) is 81.2 Å². The Morgan fingerprint density at radius 1 is 1.32 bits per heavy atom. The molecule has 1 aliphatic heterocycles. The second-order valence-electron chi connectivity index (χ2n) is 7.13. The van der Waals surface area contributed by atoms with Crippen LogP contribution in [0.3, 0.4) is 0 Å². The number of nitrogens with zero attached hydrogens (tertiary/aromatic N) is 4. The Hall–Kier alpha value is -2.44. The Bertz CT molecular complexity index is 857.